The largest absolute Gasteiger partial charge is 0.392 e. The minimum Gasteiger partial charge on any atom is -0.392 e. The Balaban J connectivity index is 2.81. The second kappa shape index (κ2) is 4.65. The van der Waals surface area contributed by atoms with E-state index in [4.69, 9.17) is 28.9 Å². The third kappa shape index (κ3) is 3.03. The SMILES string of the molecule is Nc1ncc(Cl)cc1CC(O)CCl. The molecule has 3 nitrogen and oxygen atoms in total. The molecule has 1 atom stereocenters. The molecule has 1 aromatic heterocycles. The summed E-state index contributed by atoms with van der Waals surface area (Å²) in [4.78, 5) is 3.86. The normalized spacial score (nSPS) is 12.8. The van der Waals surface area contributed by atoms with Crippen LogP contribution in [-0.2, 0) is 6.42 Å². The van der Waals surface area contributed by atoms with Gasteiger partial charge in [0, 0.05) is 18.5 Å². The zero-order chi connectivity index (χ0) is 9.84. The number of anilines is 1. The molecule has 0 aliphatic heterocycles. The van der Waals surface area contributed by atoms with Crippen molar-refractivity contribution in [1.29, 1.82) is 0 Å². The lowest BCUT2D eigenvalue weighted by Crippen LogP contribution is -2.13. The van der Waals surface area contributed by atoms with Crippen molar-refractivity contribution in [3.05, 3.63) is 22.8 Å². The van der Waals surface area contributed by atoms with Crippen LogP contribution in [0.15, 0.2) is 12.3 Å². The summed E-state index contributed by atoms with van der Waals surface area (Å²) in [6, 6.07) is 1.68. The van der Waals surface area contributed by atoms with Crippen LogP contribution in [0.3, 0.4) is 0 Å². The van der Waals surface area contributed by atoms with Crippen molar-refractivity contribution >= 4 is 29.0 Å². The van der Waals surface area contributed by atoms with E-state index in [0.29, 0.717) is 17.3 Å². The Bertz CT molecular complexity index is 293. The molecule has 1 heterocycles. The maximum Gasteiger partial charge on any atom is 0.126 e. The molecular weight excluding hydrogens is 211 g/mol. The van der Waals surface area contributed by atoms with Gasteiger partial charge < -0.3 is 10.8 Å². The summed E-state index contributed by atoms with van der Waals surface area (Å²) in [5, 5.41) is 9.77. The van der Waals surface area contributed by atoms with Crippen LogP contribution in [0.4, 0.5) is 5.82 Å². The first-order chi connectivity index (χ1) is 6.13. The predicted molar refractivity (Wildman–Crippen MR) is 54.1 cm³/mol. The van der Waals surface area contributed by atoms with E-state index in [9.17, 15) is 5.11 Å². The number of aliphatic hydroxyl groups excluding tert-OH is 1. The average molecular weight is 221 g/mol. The van der Waals surface area contributed by atoms with Crippen molar-refractivity contribution in [3.63, 3.8) is 0 Å². The molecule has 1 rings (SSSR count). The smallest absolute Gasteiger partial charge is 0.126 e. The summed E-state index contributed by atoms with van der Waals surface area (Å²) >= 11 is 11.2. The molecule has 0 spiro atoms. The van der Waals surface area contributed by atoms with Crippen molar-refractivity contribution in [2.75, 3.05) is 11.6 Å². The van der Waals surface area contributed by atoms with E-state index in [-0.39, 0.29) is 5.88 Å². The van der Waals surface area contributed by atoms with Crippen LogP contribution in [0.2, 0.25) is 5.02 Å². The molecule has 5 heteroatoms. The molecule has 0 bridgehead atoms. The van der Waals surface area contributed by atoms with Gasteiger partial charge in [-0.3, -0.25) is 0 Å². The molecule has 0 saturated heterocycles. The highest BCUT2D eigenvalue weighted by Gasteiger charge is 2.07. The quantitative estimate of drug-likeness (QED) is 0.759. The van der Waals surface area contributed by atoms with Crippen LogP contribution in [-0.4, -0.2) is 22.1 Å². The van der Waals surface area contributed by atoms with Crippen molar-refractivity contribution in [1.82, 2.24) is 4.98 Å². The molecule has 0 radical (unpaired) electrons. The number of aliphatic hydroxyl groups is 1. The number of halogens is 2. The van der Waals surface area contributed by atoms with Gasteiger partial charge in [0.1, 0.15) is 5.82 Å². The third-order valence-corrected chi connectivity index (χ3v) is 2.16. The second-order valence-electron chi connectivity index (χ2n) is 2.71. The van der Waals surface area contributed by atoms with Crippen LogP contribution < -0.4 is 5.73 Å². The van der Waals surface area contributed by atoms with E-state index in [1.807, 2.05) is 0 Å². The molecule has 0 amide bonds. The molecule has 72 valence electrons. The highest BCUT2D eigenvalue weighted by atomic mass is 35.5. The maximum absolute atomic E-state index is 9.27. The predicted octanol–water partition coefficient (Wildman–Crippen LogP) is 1.46. The van der Waals surface area contributed by atoms with E-state index in [0.717, 1.165) is 5.56 Å². The van der Waals surface area contributed by atoms with Crippen LogP contribution in [0.1, 0.15) is 5.56 Å². The number of alkyl halides is 1. The molecule has 3 N–H and O–H groups in total. The van der Waals surface area contributed by atoms with Gasteiger partial charge in [0.2, 0.25) is 0 Å². The first-order valence-electron chi connectivity index (χ1n) is 3.77. The Kier molecular flexibility index (Phi) is 3.78. The Labute approximate surface area is 86.5 Å². The molecule has 0 fully saturated rings. The number of nitrogens with zero attached hydrogens (tertiary/aromatic N) is 1. The van der Waals surface area contributed by atoms with Gasteiger partial charge in [-0.15, -0.1) is 11.6 Å². The minimum absolute atomic E-state index is 0.173. The molecular formula is C8H10Cl2N2O. The Morgan fingerprint density at radius 3 is 2.92 bits per heavy atom. The van der Waals surface area contributed by atoms with Gasteiger partial charge in [0.25, 0.3) is 0 Å². The molecule has 0 aromatic carbocycles. The monoisotopic (exact) mass is 220 g/mol. The molecule has 0 saturated carbocycles. The number of pyridine rings is 1. The fraction of sp³-hybridized carbons (Fsp3) is 0.375. The number of hydrogen-bond donors (Lipinski definition) is 2. The zero-order valence-electron chi connectivity index (χ0n) is 6.87. The lowest BCUT2D eigenvalue weighted by Gasteiger charge is -2.08. The average Bonchev–Trinajstić information content (AvgIpc) is 2.11. The van der Waals surface area contributed by atoms with Gasteiger partial charge in [-0.1, -0.05) is 11.6 Å². The standard InChI is InChI=1S/C8H10Cl2N2O/c9-3-7(13)2-5-1-6(10)4-12-8(5)11/h1,4,7,13H,2-3H2,(H2,11,12). The first kappa shape index (κ1) is 10.6. The lowest BCUT2D eigenvalue weighted by molar-refractivity contribution is 0.199. The van der Waals surface area contributed by atoms with E-state index in [1.165, 1.54) is 6.20 Å². The van der Waals surface area contributed by atoms with Crippen LogP contribution in [0.5, 0.6) is 0 Å². The van der Waals surface area contributed by atoms with Crippen LogP contribution in [0, 0.1) is 0 Å². The fourth-order valence-electron chi connectivity index (χ4n) is 0.964. The topological polar surface area (TPSA) is 59.1 Å². The number of aromatic nitrogens is 1. The van der Waals surface area contributed by atoms with Gasteiger partial charge in [-0.25, -0.2) is 4.98 Å². The number of nitrogen functional groups attached to an aromatic ring is 1. The van der Waals surface area contributed by atoms with Gasteiger partial charge in [-0.05, 0) is 11.6 Å². The van der Waals surface area contributed by atoms with Gasteiger partial charge in [0.05, 0.1) is 11.1 Å². The van der Waals surface area contributed by atoms with E-state index in [1.54, 1.807) is 6.07 Å². The molecule has 1 aromatic rings. The van der Waals surface area contributed by atoms with Crippen molar-refractivity contribution in [2.45, 2.75) is 12.5 Å². The van der Waals surface area contributed by atoms with Crippen molar-refractivity contribution in [2.24, 2.45) is 0 Å². The molecule has 1 unspecified atom stereocenters. The summed E-state index contributed by atoms with van der Waals surface area (Å²) in [5.41, 5.74) is 6.29. The van der Waals surface area contributed by atoms with E-state index < -0.39 is 6.10 Å². The number of nitrogens with two attached hydrogens (primary N) is 1. The van der Waals surface area contributed by atoms with Crippen molar-refractivity contribution < 1.29 is 5.11 Å². The summed E-state index contributed by atoms with van der Waals surface area (Å²) in [6.07, 6.45) is 1.24. The Hall–Kier alpha value is -0.510. The second-order valence-corrected chi connectivity index (χ2v) is 3.46. The summed E-state index contributed by atoms with van der Waals surface area (Å²) in [7, 11) is 0. The first-order valence-corrected chi connectivity index (χ1v) is 4.68. The fourth-order valence-corrected chi connectivity index (χ4v) is 1.25. The maximum atomic E-state index is 9.27. The number of hydrogen-bond acceptors (Lipinski definition) is 3. The van der Waals surface area contributed by atoms with E-state index in [2.05, 4.69) is 4.98 Å². The highest BCUT2D eigenvalue weighted by molar-refractivity contribution is 6.30. The Morgan fingerprint density at radius 1 is 1.62 bits per heavy atom. The van der Waals surface area contributed by atoms with Crippen molar-refractivity contribution in [3.8, 4) is 0 Å². The number of rotatable bonds is 3. The molecule has 13 heavy (non-hydrogen) atoms. The summed E-state index contributed by atoms with van der Waals surface area (Å²) in [6.45, 7) is 0. The minimum atomic E-state index is -0.607. The highest BCUT2D eigenvalue weighted by Crippen LogP contribution is 2.16. The van der Waals surface area contributed by atoms with E-state index >= 15 is 0 Å². The summed E-state index contributed by atoms with van der Waals surface area (Å²) < 4.78 is 0. The third-order valence-electron chi connectivity index (χ3n) is 1.60. The van der Waals surface area contributed by atoms with Gasteiger partial charge in [0.15, 0.2) is 0 Å². The zero-order valence-corrected chi connectivity index (χ0v) is 8.39. The van der Waals surface area contributed by atoms with Crippen LogP contribution >= 0.6 is 23.2 Å². The lowest BCUT2D eigenvalue weighted by atomic mass is 10.1. The van der Waals surface area contributed by atoms with Gasteiger partial charge >= 0.3 is 0 Å². The molecule has 0 aliphatic rings. The Morgan fingerprint density at radius 2 is 2.31 bits per heavy atom. The summed E-state index contributed by atoms with van der Waals surface area (Å²) in [5.74, 6) is 0.556. The van der Waals surface area contributed by atoms with Crippen LogP contribution in [0.25, 0.3) is 0 Å². The van der Waals surface area contributed by atoms with Gasteiger partial charge in [-0.2, -0.15) is 0 Å². The molecule has 0 aliphatic carbocycles.